The third-order valence-corrected chi connectivity index (χ3v) is 4.74. The lowest BCUT2D eigenvalue weighted by molar-refractivity contribution is 0.0944. The monoisotopic (exact) mass is 350 g/mol. The van der Waals surface area contributed by atoms with Crippen molar-refractivity contribution in [2.75, 3.05) is 0 Å². The molecule has 0 aliphatic carbocycles. The number of amides is 1. The first-order chi connectivity index (χ1) is 12.3. The normalized spacial score (nSPS) is 11.3. The highest BCUT2D eigenvalue weighted by atomic mass is 16.1. The van der Waals surface area contributed by atoms with Crippen LogP contribution in [0.1, 0.15) is 57.8 Å². The largest absolute Gasteiger partial charge is 0.350 e. The summed E-state index contributed by atoms with van der Waals surface area (Å²) >= 11 is 0. The smallest absolute Gasteiger partial charge is 0.256 e. The molecule has 0 atom stereocenters. The Balaban J connectivity index is 2.06. The van der Waals surface area contributed by atoms with E-state index in [0.717, 1.165) is 23.4 Å². The molecule has 3 rings (SSSR count). The van der Waals surface area contributed by atoms with E-state index in [1.54, 1.807) is 10.7 Å². The molecular weight excluding hydrogens is 324 g/mol. The van der Waals surface area contributed by atoms with Gasteiger partial charge in [0.2, 0.25) is 0 Å². The number of hydrogen-bond donors (Lipinski definition) is 1. The second-order valence-electron chi connectivity index (χ2n) is 7.29. The predicted octanol–water partition coefficient (Wildman–Crippen LogP) is 3.69. The minimum atomic E-state index is -0.136. The van der Waals surface area contributed by atoms with Crippen molar-refractivity contribution < 1.29 is 4.79 Å². The summed E-state index contributed by atoms with van der Waals surface area (Å²) in [6.07, 6.45) is 2.41. The van der Waals surface area contributed by atoms with Crippen molar-refractivity contribution in [3.63, 3.8) is 0 Å². The van der Waals surface area contributed by atoms with E-state index in [0.29, 0.717) is 11.2 Å². The van der Waals surface area contributed by atoms with E-state index in [9.17, 15) is 4.79 Å². The molecule has 0 radical (unpaired) electrons. The van der Waals surface area contributed by atoms with Gasteiger partial charge in [0.15, 0.2) is 5.65 Å². The van der Waals surface area contributed by atoms with E-state index in [-0.39, 0.29) is 11.9 Å². The summed E-state index contributed by atoms with van der Waals surface area (Å²) in [7, 11) is 0. The molecule has 1 N–H and O–H groups in total. The molecule has 5 heteroatoms. The summed E-state index contributed by atoms with van der Waals surface area (Å²) in [5.41, 5.74) is 8.07. The Bertz CT molecular complexity index is 985. The fourth-order valence-corrected chi connectivity index (χ4v) is 3.25. The molecule has 26 heavy (non-hydrogen) atoms. The molecule has 1 amide bonds. The Morgan fingerprint density at radius 2 is 1.92 bits per heavy atom. The van der Waals surface area contributed by atoms with Gasteiger partial charge < -0.3 is 5.32 Å². The van der Waals surface area contributed by atoms with Crippen LogP contribution >= 0.6 is 0 Å². The molecule has 0 unspecified atom stereocenters. The van der Waals surface area contributed by atoms with Crippen LogP contribution in [0.4, 0.5) is 0 Å². The Labute approximate surface area is 154 Å². The van der Waals surface area contributed by atoms with Crippen molar-refractivity contribution in [2.45, 2.75) is 54.0 Å². The highest BCUT2D eigenvalue weighted by molar-refractivity contribution is 5.99. The Hall–Kier alpha value is -2.69. The fraction of sp³-hybridized carbons (Fsp3) is 0.381. The van der Waals surface area contributed by atoms with Crippen LogP contribution in [0.5, 0.6) is 0 Å². The maximum Gasteiger partial charge on any atom is 0.256 e. The Kier molecular flexibility index (Phi) is 4.81. The predicted molar refractivity (Wildman–Crippen MR) is 104 cm³/mol. The molecule has 0 aliphatic heterocycles. The zero-order valence-electron chi connectivity index (χ0n) is 16.3. The van der Waals surface area contributed by atoms with Gasteiger partial charge in [-0.05, 0) is 58.2 Å². The minimum Gasteiger partial charge on any atom is -0.350 e. The van der Waals surface area contributed by atoms with E-state index in [1.165, 1.54) is 16.7 Å². The minimum absolute atomic E-state index is 0.0724. The van der Waals surface area contributed by atoms with Crippen LogP contribution in [-0.4, -0.2) is 26.5 Å². The number of nitrogens with one attached hydrogen (secondary N) is 1. The molecule has 136 valence electrons. The van der Waals surface area contributed by atoms with E-state index in [2.05, 4.69) is 42.5 Å². The quantitative estimate of drug-likeness (QED) is 0.781. The fourth-order valence-electron chi connectivity index (χ4n) is 3.25. The van der Waals surface area contributed by atoms with Gasteiger partial charge in [-0.15, -0.1) is 0 Å². The molecule has 0 bridgehead atoms. The van der Waals surface area contributed by atoms with Crippen LogP contribution in [0, 0.1) is 27.7 Å². The molecule has 0 fully saturated rings. The third kappa shape index (κ3) is 3.34. The summed E-state index contributed by atoms with van der Waals surface area (Å²) in [5.74, 6) is -0.136. The number of aromatic nitrogens is 3. The number of hydrogen-bond acceptors (Lipinski definition) is 3. The molecular formula is C21H26N4O. The van der Waals surface area contributed by atoms with Crippen LogP contribution in [0.3, 0.4) is 0 Å². The molecule has 0 aliphatic rings. The third-order valence-electron chi connectivity index (χ3n) is 4.74. The number of carbonyl (C=O) groups excluding carboxylic acids is 1. The van der Waals surface area contributed by atoms with Crippen molar-refractivity contribution in [3.8, 4) is 0 Å². The van der Waals surface area contributed by atoms with Crippen molar-refractivity contribution in [1.82, 2.24) is 19.9 Å². The number of nitrogens with zero attached hydrogens (tertiary/aromatic N) is 3. The summed E-state index contributed by atoms with van der Waals surface area (Å²) in [6, 6.07) is 6.59. The van der Waals surface area contributed by atoms with Crippen LogP contribution < -0.4 is 5.32 Å². The second-order valence-corrected chi connectivity index (χ2v) is 7.29. The summed E-state index contributed by atoms with van der Waals surface area (Å²) in [5, 5.41) is 7.34. The van der Waals surface area contributed by atoms with Crippen LogP contribution in [0.15, 0.2) is 24.4 Å². The van der Waals surface area contributed by atoms with Gasteiger partial charge in [-0.25, -0.2) is 9.50 Å². The summed E-state index contributed by atoms with van der Waals surface area (Å²) < 4.78 is 1.78. The average molecular weight is 350 g/mol. The lowest BCUT2D eigenvalue weighted by Gasteiger charge is -2.14. The first kappa shape index (κ1) is 18.1. The van der Waals surface area contributed by atoms with Gasteiger partial charge in [-0.2, -0.15) is 5.10 Å². The zero-order chi connectivity index (χ0) is 19.0. The SMILES string of the molecule is Cc1ccc(C)c(Cc2c(C)nc3c(C(=O)NC(C)C)cnn3c2C)c1. The van der Waals surface area contributed by atoms with E-state index >= 15 is 0 Å². The molecule has 0 saturated heterocycles. The Morgan fingerprint density at radius 3 is 2.62 bits per heavy atom. The Morgan fingerprint density at radius 1 is 1.19 bits per heavy atom. The number of carbonyl (C=O) groups is 1. The number of benzene rings is 1. The maximum atomic E-state index is 12.4. The average Bonchev–Trinajstić information content (AvgIpc) is 2.97. The zero-order valence-corrected chi connectivity index (χ0v) is 16.3. The summed E-state index contributed by atoms with van der Waals surface area (Å²) in [4.78, 5) is 17.1. The first-order valence-corrected chi connectivity index (χ1v) is 8.98. The second kappa shape index (κ2) is 6.90. The van der Waals surface area contributed by atoms with Gasteiger partial charge >= 0.3 is 0 Å². The highest BCUT2D eigenvalue weighted by Crippen LogP contribution is 2.22. The number of fused-ring (bicyclic) bond motifs is 1. The van der Waals surface area contributed by atoms with Crippen molar-refractivity contribution >= 4 is 11.6 Å². The molecule has 3 aromatic rings. The maximum absolute atomic E-state index is 12.4. The molecule has 2 heterocycles. The van der Waals surface area contributed by atoms with E-state index < -0.39 is 0 Å². The van der Waals surface area contributed by atoms with Gasteiger partial charge in [-0.1, -0.05) is 23.8 Å². The molecule has 5 nitrogen and oxygen atoms in total. The standard InChI is InChI=1S/C21H26N4O/c1-12(2)23-21(26)19-11-22-25-16(6)18(15(5)24-20(19)25)10-17-9-13(3)7-8-14(17)4/h7-9,11-12H,10H2,1-6H3,(H,23,26). The topological polar surface area (TPSA) is 59.3 Å². The first-order valence-electron chi connectivity index (χ1n) is 8.98. The molecule has 0 spiro atoms. The number of aryl methyl sites for hydroxylation is 4. The molecule has 0 saturated carbocycles. The van der Waals surface area contributed by atoms with Crippen LogP contribution in [0.25, 0.3) is 5.65 Å². The lowest BCUT2D eigenvalue weighted by atomic mass is 9.97. The van der Waals surface area contributed by atoms with Crippen LogP contribution in [-0.2, 0) is 6.42 Å². The molecule has 1 aromatic carbocycles. The number of rotatable bonds is 4. The van der Waals surface area contributed by atoms with Crippen molar-refractivity contribution in [3.05, 3.63) is 63.6 Å². The van der Waals surface area contributed by atoms with Gasteiger partial charge in [0.05, 0.1) is 6.20 Å². The van der Waals surface area contributed by atoms with Gasteiger partial charge in [0.1, 0.15) is 5.56 Å². The highest BCUT2D eigenvalue weighted by Gasteiger charge is 2.19. The summed E-state index contributed by atoms with van der Waals surface area (Å²) in [6.45, 7) is 12.2. The van der Waals surface area contributed by atoms with Crippen molar-refractivity contribution in [1.29, 1.82) is 0 Å². The van der Waals surface area contributed by atoms with Gasteiger partial charge in [0.25, 0.3) is 5.91 Å². The van der Waals surface area contributed by atoms with E-state index in [1.807, 2.05) is 27.7 Å². The van der Waals surface area contributed by atoms with Crippen LogP contribution in [0.2, 0.25) is 0 Å². The lowest BCUT2D eigenvalue weighted by Crippen LogP contribution is -2.30. The molecule has 2 aromatic heterocycles. The van der Waals surface area contributed by atoms with Crippen molar-refractivity contribution in [2.24, 2.45) is 0 Å². The van der Waals surface area contributed by atoms with Gasteiger partial charge in [0, 0.05) is 23.9 Å². The van der Waals surface area contributed by atoms with E-state index in [4.69, 9.17) is 4.98 Å². The van der Waals surface area contributed by atoms with Gasteiger partial charge in [-0.3, -0.25) is 4.79 Å².